The summed E-state index contributed by atoms with van der Waals surface area (Å²) < 4.78 is 0. The van der Waals surface area contributed by atoms with Crippen LogP contribution < -0.4 is 11.1 Å². The van der Waals surface area contributed by atoms with E-state index in [1.165, 1.54) is 0 Å². The lowest BCUT2D eigenvalue weighted by Gasteiger charge is -2.10. The van der Waals surface area contributed by atoms with E-state index in [2.05, 4.69) is 15.3 Å². The van der Waals surface area contributed by atoms with Crippen LogP contribution in [-0.2, 0) is 11.2 Å². The maximum atomic E-state index is 12.4. The normalized spacial score (nSPS) is 10.4. The van der Waals surface area contributed by atoms with E-state index in [1.807, 2.05) is 74.5 Å². The van der Waals surface area contributed by atoms with Crippen LogP contribution in [0.2, 0.25) is 0 Å². The largest absolute Gasteiger partial charge is 0.399 e. The molecular weight excluding hydrogens is 348 g/mol. The van der Waals surface area contributed by atoms with Crippen molar-refractivity contribution < 1.29 is 4.79 Å². The molecule has 1 amide bonds. The van der Waals surface area contributed by atoms with E-state index in [-0.39, 0.29) is 5.91 Å². The van der Waals surface area contributed by atoms with Crippen molar-refractivity contribution in [2.45, 2.75) is 26.7 Å². The zero-order valence-corrected chi connectivity index (χ0v) is 16.1. The molecule has 1 heterocycles. The van der Waals surface area contributed by atoms with Crippen LogP contribution in [0.5, 0.6) is 0 Å². The Morgan fingerprint density at radius 2 is 1.79 bits per heavy atom. The standard InChI is InChI=1S/C23H24N4O/c1-16(2)14-20-23(27-22(28)13-8-17-6-4-3-5-7-17)25-15-21(26-20)18-9-11-19(24)12-10-18/h3-7,9-12,14-15H,8,13,24H2,1-2H3,(H,25,27,28). The van der Waals surface area contributed by atoms with Crippen molar-refractivity contribution in [2.24, 2.45) is 0 Å². The fourth-order valence-corrected chi connectivity index (χ4v) is 2.76. The molecular formula is C23H24N4O. The van der Waals surface area contributed by atoms with Crippen molar-refractivity contribution in [1.29, 1.82) is 0 Å². The summed E-state index contributed by atoms with van der Waals surface area (Å²) in [6, 6.07) is 17.4. The number of benzene rings is 2. The molecule has 0 fully saturated rings. The summed E-state index contributed by atoms with van der Waals surface area (Å²) in [6.07, 6.45) is 4.66. The first-order valence-corrected chi connectivity index (χ1v) is 9.23. The Morgan fingerprint density at radius 1 is 1.07 bits per heavy atom. The number of nitrogen functional groups attached to an aromatic ring is 1. The van der Waals surface area contributed by atoms with E-state index in [9.17, 15) is 4.79 Å². The summed E-state index contributed by atoms with van der Waals surface area (Å²) >= 11 is 0. The van der Waals surface area contributed by atoms with Gasteiger partial charge in [0.2, 0.25) is 5.91 Å². The zero-order valence-electron chi connectivity index (χ0n) is 16.1. The number of nitrogens with one attached hydrogen (secondary N) is 1. The Morgan fingerprint density at radius 3 is 2.46 bits per heavy atom. The van der Waals surface area contributed by atoms with E-state index >= 15 is 0 Å². The number of carbonyl (C=O) groups excluding carboxylic acids is 1. The third kappa shape index (κ3) is 5.27. The summed E-state index contributed by atoms with van der Waals surface area (Å²) in [5.41, 5.74) is 11.0. The van der Waals surface area contributed by atoms with E-state index in [0.717, 1.165) is 22.4 Å². The minimum absolute atomic E-state index is 0.0817. The molecule has 0 aliphatic rings. The van der Waals surface area contributed by atoms with Gasteiger partial charge in [-0.3, -0.25) is 4.79 Å². The van der Waals surface area contributed by atoms with Crippen molar-refractivity contribution in [1.82, 2.24) is 9.97 Å². The molecule has 0 saturated carbocycles. The molecule has 2 aromatic carbocycles. The Bertz CT molecular complexity index is 975. The number of aryl methyl sites for hydroxylation is 1. The van der Waals surface area contributed by atoms with Crippen LogP contribution >= 0.6 is 0 Å². The average molecular weight is 372 g/mol. The number of anilines is 2. The Balaban J connectivity index is 1.78. The topological polar surface area (TPSA) is 80.9 Å². The molecule has 0 aliphatic heterocycles. The second-order valence-electron chi connectivity index (χ2n) is 6.87. The summed E-state index contributed by atoms with van der Waals surface area (Å²) in [5.74, 6) is 0.389. The summed E-state index contributed by atoms with van der Waals surface area (Å²) in [4.78, 5) is 21.5. The fourth-order valence-electron chi connectivity index (χ4n) is 2.76. The minimum Gasteiger partial charge on any atom is -0.399 e. The Kier molecular flexibility index (Phi) is 6.17. The first-order chi connectivity index (χ1) is 13.5. The van der Waals surface area contributed by atoms with Crippen LogP contribution in [0.3, 0.4) is 0 Å². The number of amides is 1. The third-order valence-corrected chi connectivity index (χ3v) is 4.17. The first kappa shape index (κ1) is 19.3. The van der Waals surface area contributed by atoms with Gasteiger partial charge in [-0.25, -0.2) is 9.97 Å². The molecule has 3 N–H and O–H groups in total. The van der Waals surface area contributed by atoms with E-state index < -0.39 is 0 Å². The predicted octanol–water partition coefficient (Wildman–Crippen LogP) is 4.72. The average Bonchev–Trinajstić information content (AvgIpc) is 2.69. The molecule has 3 aromatic rings. The lowest BCUT2D eigenvalue weighted by atomic mass is 10.1. The molecule has 0 aliphatic carbocycles. The van der Waals surface area contributed by atoms with Gasteiger partial charge in [-0.2, -0.15) is 0 Å². The second-order valence-corrected chi connectivity index (χ2v) is 6.87. The maximum absolute atomic E-state index is 12.4. The van der Waals surface area contributed by atoms with Crippen molar-refractivity contribution in [2.75, 3.05) is 11.1 Å². The predicted molar refractivity (Wildman–Crippen MR) is 115 cm³/mol. The van der Waals surface area contributed by atoms with Crippen molar-refractivity contribution >= 4 is 23.5 Å². The summed E-state index contributed by atoms with van der Waals surface area (Å²) in [7, 11) is 0. The lowest BCUT2D eigenvalue weighted by Crippen LogP contribution is -2.15. The first-order valence-electron chi connectivity index (χ1n) is 9.23. The zero-order chi connectivity index (χ0) is 19.9. The molecule has 142 valence electrons. The molecule has 1 aromatic heterocycles. The number of nitrogens with zero attached hydrogens (tertiary/aromatic N) is 2. The van der Waals surface area contributed by atoms with Crippen molar-refractivity contribution in [3.05, 3.63) is 77.6 Å². The highest BCUT2D eigenvalue weighted by Crippen LogP contribution is 2.22. The smallest absolute Gasteiger partial charge is 0.225 e. The lowest BCUT2D eigenvalue weighted by molar-refractivity contribution is -0.116. The number of rotatable bonds is 6. The number of carbonyl (C=O) groups is 1. The second kappa shape index (κ2) is 8.95. The molecule has 0 radical (unpaired) electrons. The Labute approximate surface area is 165 Å². The number of hydrogen-bond acceptors (Lipinski definition) is 4. The molecule has 28 heavy (non-hydrogen) atoms. The van der Waals surface area contributed by atoms with E-state index in [0.29, 0.717) is 30.0 Å². The number of aromatic nitrogens is 2. The molecule has 0 saturated heterocycles. The molecule has 0 bridgehead atoms. The van der Waals surface area contributed by atoms with Crippen LogP contribution in [0.1, 0.15) is 31.5 Å². The highest BCUT2D eigenvalue weighted by Gasteiger charge is 2.11. The molecule has 5 nitrogen and oxygen atoms in total. The minimum atomic E-state index is -0.0817. The fraction of sp³-hybridized carbons (Fsp3) is 0.174. The van der Waals surface area contributed by atoms with Crippen LogP contribution in [0.4, 0.5) is 11.5 Å². The van der Waals surface area contributed by atoms with Gasteiger partial charge in [0.05, 0.1) is 11.9 Å². The highest BCUT2D eigenvalue weighted by atomic mass is 16.1. The van der Waals surface area contributed by atoms with Gasteiger partial charge in [0.25, 0.3) is 0 Å². The SMILES string of the molecule is CC(C)=Cc1nc(-c2ccc(N)cc2)cnc1NC(=O)CCc1ccccc1. The monoisotopic (exact) mass is 372 g/mol. The number of allylic oxidation sites excluding steroid dienone is 1. The van der Waals surface area contributed by atoms with Crippen LogP contribution in [-0.4, -0.2) is 15.9 Å². The van der Waals surface area contributed by atoms with Crippen LogP contribution in [0.25, 0.3) is 17.3 Å². The summed E-state index contributed by atoms with van der Waals surface area (Å²) in [6.45, 7) is 3.97. The summed E-state index contributed by atoms with van der Waals surface area (Å²) in [5, 5.41) is 2.90. The van der Waals surface area contributed by atoms with Gasteiger partial charge in [-0.1, -0.05) is 48.0 Å². The number of hydrogen-bond donors (Lipinski definition) is 2. The molecule has 0 spiro atoms. The molecule has 5 heteroatoms. The van der Waals surface area contributed by atoms with Crippen LogP contribution in [0.15, 0.2) is 66.4 Å². The van der Waals surface area contributed by atoms with Gasteiger partial charge < -0.3 is 11.1 Å². The molecule has 3 rings (SSSR count). The van der Waals surface area contributed by atoms with Gasteiger partial charge >= 0.3 is 0 Å². The number of nitrogens with two attached hydrogens (primary N) is 1. The van der Waals surface area contributed by atoms with E-state index in [4.69, 9.17) is 5.73 Å². The van der Waals surface area contributed by atoms with Gasteiger partial charge in [-0.15, -0.1) is 0 Å². The van der Waals surface area contributed by atoms with Gasteiger partial charge in [0.15, 0.2) is 5.82 Å². The van der Waals surface area contributed by atoms with Crippen molar-refractivity contribution in [3.8, 4) is 11.3 Å². The quantitative estimate of drug-likeness (QED) is 0.614. The van der Waals surface area contributed by atoms with Gasteiger partial charge in [0, 0.05) is 17.7 Å². The van der Waals surface area contributed by atoms with E-state index in [1.54, 1.807) is 6.20 Å². The maximum Gasteiger partial charge on any atom is 0.225 e. The van der Waals surface area contributed by atoms with Crippen LogP contribution in [0, 0.1) is 0 Å². The van der Waals surface area contributed by atoms with Crippen molar-refractivity contribution in [3.63, 3.8) is 0 Å². The van der Waals surface area contributed by atoms with Gasteiger partial charge in [-0.05, 0) is 44.0 Å². The van der Waals surface area contributed by atoms with Gasteiger partial charge in [0.1, 0.15) is 5.69 Å². The highest BCUT2D eigenvalue weighted by molar-refractivity contribution is 5.91. The molecule has 0 unspecified atom stereocenters. The molecule has 0 atom stereocenters. The third-order valence-electron chi connectivity index (χ3n) is 4.17. The Hall–Kier alpha value is -3.47.